The molecule has 0 unspecified atom stereocenters. The van der Waals surface area contributed by atoms with E-state index in [-0.39, 0.29) is 0 Å². The van der Waals surface area contributed by atoms with Crippen LogP contribution in [0.4, 0.5) is 0 Å². The van der Waals surface area contributed by atoms with Gasteiger partial charge in [0.2, 0.25) is 0 Å². The number of fused-ring (bicyclic) bond motifs is 3. The molecule has 0 saturated carbocycles. The monoisotopic (exact) mass is 1220 g/mol. The van der Waals surface area contributed by atoms with E-state index in [0.29, 0.717) is 0 Å². The van der Waals surface area contributed by atoms with E-state index in [9.17, 15) is 0 Å². The van der Waals surface area contributed by atoms with Crippen molar-refractivity contribution >= 4 is 32.3 Å². The predicted molar refractivity (Wildman–Crippen MR) is 396 cm³/mol. The van der Waals surface area contributed by atoms with Gasteiger partial charge in [-0.3, -0.25) is 9.97 Å². The first kappa shape index (κ1) is 74.6. The maximum atomic E-state index is 4.08. The van der Waals surface area contributed by atoms with Gasteiger partial charge in [0.25, 0.3) is 0 Å². The van der Waals surface area contributed by atoms with Crippen LogP contribution < -0.4 is 0 Å². The van der Waals surface area contributed by atoms with E-state index in [4.69, 9.17) is 0 Å². The molecule has 4 heterocycles. The molecule has 474 valence electrons. The Morgan fingerprint density at radius 1 is 0.196 bits per heavy atom. The van der Waals surface area contributed by atoms with Crippen LogP contribution in [-0.4, -0.2) is 34.9 Å². The minimum absolute atomic E-state index is 0.775. The number of rotatable bonds is 0. The standard InChI is InChI=1S/3C12H12.3C8H10.2C7H9N.C6H8N2.C5H7N3/c1-9-3-5-12-8-10(2)4-6-11(12)7-9;1-9-5-3-8-12-10(2)6-4-7-11(9)12;1-9-7-8-10(2)12-6-4-3-5-11(9)12;1-7-3-5-8(2)6-4-7;1-7-4-3-5-8(2)6-7;1-7-5-3-4-6-8(7)2;2*1-6-3-4-7(2)8-5-6;1-5-3-6(2)8-4-7-5;1-4-6-3-7-5(2)8-4/h3*3-8H,1-2H3;3*3-6H,1-2H3;2*3-5H,1-2H3;3-4H,1-2H3;3H,1-2H3. The summed E-state index contributed by atoms with van der Waals surface area (Å²) >= 11 is 0. The third-order valence-electron chi connectivity index (χ3n) is 14.6. The van der Waals surface area contributed by atoms with Gasteiger partial charge in [-0.15, -0.1) is 0 Å². The van der Waals surface area contributed by atoms with Gasteiger partial charge in [-0.1, -0.05) is 228 Å². The van der Waals surface area contributed by atoms with Crippen LogP contribution in [0.25, 0.3) is 32.3 Å². The van der Waals surface area contributed by atoms with Crippen molar-refractivity contribution in [1.82, 2.24) is 34.9 Å². The Bertz CT molecular complexity index is 3760. The fourth-order valence-corrected chi connectivity index (χ4v) is 8.97. The van der Waals surface area contributed by atoms with Crippen LogP contribution in [0.15, 0.2) is 237 Å². The molecule has 0 fully saturated rings. The molecule has 0 atom stereocenters. The molecular formula is C85H99N7. The van der Waals surface area contributed by atoms with Gasteiger partial charge in [0.15, 0.2) is 0 Å². The number of nitrogens with zero attached hydrogens (tertiary/aromatic N) is 7. The van der Waals surface area contributed by atoms with Crippen molar-refractivity contribution in [3.63, 3.8) is 0 Å². The molecule has 7 heteroatoms. The molecule has 4 aromatic heterocycles. The van der Waals surface area contributed by atoms with Crippen molar-refractivity contribution in [2.75, 3.05) is 0 Å². The van der Waals surface area contributed by atoms with Crippen LogP contribution >= 0.6 is 0 Å². The summed E-state index contributed by atoms with van der Waals surface area (Å²) in [7, 11) is 0. The Labute approximate surface area is 552 Å². The topological polar surface area (TPSA) is 90.2 Å². The van der Waals surface area contributed by atoms with Crippen LogP contribution in [-0.2, 0) is 0 Å². The predicted octanol–water partition coefficient (Wildman–Crippen LogP) is 22.3. The highest BCUT2D eigenvalue weighted by atomic mass is 15.0. The molecule has 0 saturated heterocycles. The highest BCUT2D eigenvalue weighted by molar-refractivity contribution is 5.89. The number of aromatic nitrogens is 7. The first-order valence-corrected chi connectivity index (χ1v) is 31.5. The van der Waals surface area contributed by atoms with Crippen molar-refractivity contribution in [2.24, 2.45) is 0 Å². The lowest BCUT2D eigenvalue weighted by atomic mass is 10.0. The quantitative estimate of drug-likeness (QED) is 0.149. The van der Waals surface area contributed by atoms with Crippen molar-refractivity contribution < 1.29 is 0 Å². The maximum Gasteiger partial charge on any atom is 0.129 e. The highest BCUT2D eigenvalue weighted by Gasteiger charge is 1.99. The average molecular weight is 1220 g/mol. The zero-order valence-electron chi connectivity index (χ0n) is 58.6. The summed E-state index contributed by atoms with van der Waals surface area (Å²) in [5.74, 6) is 1.55. The maximum absolute atomic E-state index is 4.08. The van der Waals surface area contributed by atoms with Gasteiger partial charge in [-0.25, -0.2) is 24.9 Å². The number of aryl methyl sites for hydroxylation is 20. The van der Waals surface area contributed by atoms with Crippen molar-refractivity contribution in [2.45, 2.75) is 138 Å². The van der Waals surface area contributed by atoms with Gasteiger partial charge in [0.1, 0.15) is 24.3 Å². The summed E-state index contributed by atoms with van der Waals surface area (Å²) in [6.07, 6.45) is 6.83. The fourth-order valence-electron chi connectivity index (χ4n) is 8.97. The van der Waals surface area contributed by atoms with Crippen LogP contribution in [0.1, 0.15) is 112 Å². The van der Waals surface area contributed by atoms with E-state index in [1.807, 2.05) is 86.0 Å². The molecule has 92 heavy (non-hydrogen) atoms. The molecule has 0 aliphatic heterocycles. The van der Waals surface area contributed by atoms with Crippen LogP contribution in [0.2, 0.25) is 0 Å². The normalized spacial score (nSPS) is 9.74. The lowest BCUT2D eigenvalue weighted by Gasteiger charge is -2.03. The minimum atomic E-state index is 0.775. The van der Waals surface area contributed by atoms with Gasteiger partial charge in [0.05, 0.1) is 0 Å². The number of hydrogen-bond donors (Lipinski definition) is 0. The Kier molecular flexibility index (Phi) is 32.4. The van der Waals surface area contributed by atoms with E-state index >= 15 is 0 Å². The van der Waals surface area contributed by atoms with E-state index in [1.54, 1.807) is 6.33 Å². The molecule has 0 bridgehead atoms. The second-order valence-corrected chi connectivity index (χ2v) is 23.6. The average Bonchev–Trinajstić information content (AvgIpc) is 1.81. The van der Waals surface area contributed by atoms with Gasteiger partial charge < -0.3 is 0 Å². The van der Waals surface area contributed by atoms with E-state index in [0.717, 1.165) is 34.4 Å². The summed E-state index contributed by atoms with van der Waals surface area (Å²) < 4.78 is 0. The molecule has 9 aromatic carbocycles. The lowest BCUT2D eigenvalue weighted by molar-refractivity contribution is 0.920. The van der Waals surface area contributed by atoms with E-state index in [2.05, 4.69) is 312 Å². The fraction of sp³-hybridized carbons (Fsp3) is 0.235. The Morgan fingerprint density at radius 2 is 0.500 bits per heavy atom. The number of pyridine rings is 2. The Hall–Kier alpha value is -9.85. The summed E-state index contributed by atoms with van der Waals surface area (Å²) in [4.78, 5) is 27.6. The van der Waals surface area contributed by atoms with Crippen molar-refractivity contribution in [1.29, 1.82) is 0 Å². The Balaban J connectivity index is 0.000000219. The molecule has 0 aliphatic rings. The molecule has 0 N–H and O–H groups in total. The smallest absolute Gasteiger partial charge is 0.129 e. The number of hydrogen-bond acceptors (Lipinski definition) is 7. The second-order valence-electron chi connectivity index (χ2n) is 23.6. The Morgan fingerprint density at radius 3 is 0.793 bits per heavy atom. The minimum Gasteiger partial charge on any atom is -0.261 e. The van der Waals surface area contributed by atoms with Gasteiger partial charge >= 0.3 is 0 Å². The van der Waals surface area contributed by atoms with Gasteiger partial charge in [-0.2, -0.15) is 0 Å². The van der Waals surface area contributed by atoms with E-state index in [1.165, 1.54) is 117 Å². The zero-order chi connectivity index (χ0) is 67.5. The summed E-state index contributed by atoms with van der Waals surface area (Å²) in [5, 5.41) is 8.16. The molecule has 0 spiro atoms. The second kappa shape index (κ2) is 40.0. The van der Waals surface area contributed by atoms with Crippen molar-refractivity contribution in [3.8, 4) is 0 Å². The highest BCUT2D eigenvalue weighted by Crippen LogP contribution is 2.22. The van der Waals surface area contributed by atoms with Gasteiger partial charge in [0, 0.05) is 35.2 Å². The lowest BCUT2D eigenvalue weighted by Crippen LogP contribution is -1.91. The summed E-state index contributed by atoms with van der Waals surface area (Å²) in [6, 6.07) is 74.3. The summed E-state index contributed by atoms with van der Waals surface area (Å²) in [5.41, 5.74) is 22.8. The molecule has 7 nitrogen and oxygen atoms in total. The molecule has 13 aromatic rings. The first-order chi connectivity index (χ1) is 43.9. The van der Waals surface area contributed by atoms with Crippen LogP contribution in [0, 0.1) is 138 Å². The number of benzene rings is 9. The third kappa shape index (κ3) is 29.2. The first-order valence-electron chi connectivity index (χ1n) is 31.5. The summed E-state index contributed by atoms with van der Waals surface area (Å²) in [6.45, 7) is 41.1. The zero-order valence-corrected chi connectivity index (χ0v) is 58.6. The van der Waals surface area contributed by atoms with Crippen LogP contribution in [0.3, 0.4) is 0 Å². The van der Waals surface area contributed by atoms with Crippen molar-refractivity contribution in [3.05, 3.63) is 350 Å². The van der Waals surface area contributed by atoms with Crippen LogP contribution in [0.5, 0.6) is 0 Å². The molecule has 0 aliphatic carbocycles. The molecule has 0 amide bonds. The SMILES string of the molecule is Cc1cc(C)ncn1.Cc1ccc(C)c2ccccc12.Cc1ccc(C)cc1.Cc1ccc(C)nc1.Cc1ccc(C)nc1.Cc1ccc2cc(C)ccc2c1.Cc1cccc(C)c1.Cc1cccc2c(C)cccc12.Cc1ccccc1C.Cc1ncnc(C)n1. The molecular weight excluding hydrogens is 1120 g/mol. The van der Waals surface area contributed by atoms with E-state index < -0.39 is 0 Å². The molecule has 13 rings (SSSR count). The third-order valence-corrected chi connectivity index (χ3v) is 14.6. The molecule has 0 radical (unpaired) electrons. The largest absolute Gasteiger partial charge is 0.261 e. The van der Waals surface area contributed by atoms with Gasteiger partial charge in [-0.05, 0) is 233 Å².